The largest absolute Gasteiger partial charge is 0.454 e. The Morgan fingerprint density at radius 3 is 3.00 bits per heavy atom. The van der Waals surface area contributed by atoms with Crippen LogP contribution in [0.3, 0.4) is 0 Å². The molecule has 1 aromatic carbocycles. The van der Waals surface area contributed by atoms with Crippen molar-refractivity contribution in [2.75, 3.05) is 6.79 Å². The molecule has 0 unspecified atom stereocenters. The average molecular weight is 288 g/mol. The predicted octanol–water partition coefficient (Wildman–Crippen LogP) is 2.55. The van der Waals surface area contributed by atoms with E-state index in [1.54, 1.807) is 11.6 Å². The Bertz CT molecular complexity index is 679. The van der Waals surface area contributed by atoms with Gasteiger partial charge in [-0.15, -0.1) is 11.3 Å². The number of hydrogen-bond donors (Lipinski definition) is 1. The number of hydrogen-bond acceptors (Lipinski definition) is 5. The van der Waals surface area contributed by atoms with Gasteiger partial charge in [0.1, 0.15) is 0 Å². The van der Waals surface area contributed by atoms with Gasteiger partial charge in [-0.25, -0.2) is 5.43 Å². The van der Waals surface area contributed by atoms with Gasteiger partial charge in [0.05, 0.1) is 11.8 Å². The lowest BCUT2D eigenvalue weighted by molar-refractivity contribution is 0.0955. The number of thiophene rings is 1. The summed E-state index contributed by atoms with van der Waals surface area (Å²) in [6.07, 6.45) is 1.57. The number of carbonyl (C=O) groups is 1. The molecule has 6 heteroatoms. The molecular formula is C14H12N2O3S. The predicted molar refractivity (Wildman–Crippen MR) is 76.7 cm³/mol. The number of fused-ring (bicyclic) bond motifs is 1. The minimum Gasteiger partial charge on any atom is -0.454 e. The van der Waals surface area contributed by atoms with E-state index in [1.807, 2.05) is 31.2 Å². The Hall–Kier alpha value is -2.34. The normalized spacial score (nSPS) is 12.8. The Morgan fingerprint density at radius 2 is 2.20 bits per heavy atom. The lowest BCUT2D eigenvalue weighted by atomic mass is 10.2. The summed E-state index contributed by atoms with van der Waals surface area (Å²) < 4.78 is 10.5. The summed E-state index contributed by atoms with van der Waals surface area (Å²) >= 11 is 1.53. The SMILES string of the molecule is Cc1cc(C(=O)N/N=C\c2ccc3c(c2)OCO3)cs1. The highest BCUT2D eigenvalue weighted by atomic mass is 32.1. The van der Waals surface area contributed by atoms with Crippen molar-refractivity contribution in [3.8, 4) is 11.5 Å². The van der Waals surface area contributed by atoms with Crippen LogP contribution in [0.4, 0.5) is 0 Å². The number of ether oxygens (including phenoxy) is 2. The molecule has 0 fully saturated rings. The third-order valence-corrected chi connectivity index (χ3v) is 3.63. The summed E-state index contributed by atoms with van der Waals surface area (Å²) in [6.45, 7) is 2.20. The molecule has 0 aliphatic carbocycles. The molecule has 0 spiro atoms. The van der Waals surface area contributed by atoms with Crippen LogP contribution < -0.4 is 14.9 Å². The van der Waals surface area contributed by atoms with E-state index in [2.05, 4.69) is 10.5 Å². The number of benzene rings is 1. The molecule has 0 saturated heterocycles. The summed E-state index contributed by atoms with van der Waals surface area (Å²) in [7, 11) is 0. The molecule has 0 atom stereocenters. The molecular weight excluding hydrogens is 276 g/mol. The van der Waals surface area contributed by atoms with Crippen LogP contribution in [-0.4, -0.2) is 18.9 Å². The van der Waals surface area contributed by atoms with Gasteiger partial charge < -0.3 is 9.47 Å². The minimum absolute atomic E-state index is 0.216. The molecule has 5 nitrogen and oxygen atoms in total. The van der Waals surface area contributed by atoms with Crippen molar-refractivity contribution in [1.29, 1.82) is 0 Å². The van der Waals surface area contributed by atoms with E-state index in [0.29, 0.717) is 11.3 Å². The fraction of sp³-hybridized carbons (Fsp3) is 0.143. The number of aryl methyl sites for hydroxylation is 1. The van der Waals surface area contributed by atoms with Crippen LogP contribution in [0, 0.1) is 6.92 Å². The van der Waals surface area contributed by atoms with Gasteiger partial charge in [-0.1, -0.05) is 0 Å². The van der Waals surface area contributed by atoms with Gasteiger partial charge in [-0.2, -0.15) is 5.10 Å². The first kappa shape index (κ1) is 12.7. The average Bonchev–Trinajstić information content (AvgIpc) is 3.06. The molecule has 102 valence electrons. The molecule has 1 N–H and O–H groups in total. The monoisotopic (exact) mass is 288 g/mol. The van der Waals surface area contributed by atoms with Crippen molar-refractivity contribution in [2.45, 2.75) is 6.92 Å². The quantitative estimate of drug-likeness (QED) is 0.697. The van der Waals surface area contributed by atoms with Crippen LogP contribution in [0.25, 0.3) is 0 Å². The third-order valence-electron chi connectivity index (χ3n) is 2.77. The molecule has 1 aliphatic heterocycles. The lowest BCUT2D eigenvalue weighted by Crippen LogP contribution is -2.16. The second kappa shape index (κ2) is 5.34. The number of nitrogens with one attached hydrogen (secondary N) is 1. The lowest BCUT2D eigenvalue weighted by Gasteiger charge is -1.98. The maximum Gasteiger partial charge on any atom is 0.272 e. The molecule has 20 heavy (non-hydrogen) atoms. The molecule has 0 radical (unpaired) electrons. The number of amides is 1. The van der Waals surface area contributed by atoms with Gasteiger partial charge in [0, 0.05) is 10.3 Å². The van der Waals surface area contributed by atoms with Gasteiger partial charge in [-0.05, 0) is 36.8 Å². The number of carbonyl (C=O) groups excluding carboxylic acids is 1. The Labute approximate surface area is 119 Å². The van der Waals surface area contributed by atoms with Crippen molar-refractivity contribution in [3.63, 3.8) is 0 Å². The van der Waals surface area contributed by atoms with Crippen molar-refractivity contribution < 1.29 is 14.3 Å². The van der Waals surface area contributed by atoms with E-state index in [1.165, 1.54) is 11.3 Å². The molecule has 2 aromatic rings. The van der Waals surface area contributed by atoms with Crippen molar-refractivity contribution in [3.05, 3.63) is 45.6 Å². The van der Waals surface area contributed by atoms with E-state index in [0.717, 1.165) is 16.2 Å². The molecule has 1 aliphatic rings. The first-order chi connectivity index (χ1) is 9.72. The third kappa shape index (κ3) is 2.65. The Balaban J connectivity index is 1.64. The summed E-state index contributed by atoms with van der Waals surface area (Å²) in [6, 6.07) is 7.30. The van der Waals surface area contributed by atoms with Gasteiger partial charge in [0.25, 0.3) is 5.91 Å². The summed E-state index contributed by atoms with van der Waals surface area (Å²) in [4.78, 5) is 12.9. The fourth-order valence-corrected chi connectivity index (χ4v) is 2.47. The topological polar surface area (TPSA) is 59.9 Å². The second-order valence-corrected chi connectivity index (χ2v) is 5.37. The zero-order valence-electron chi connectivity index (χ0n) is 10.8. The van der Waals surface area contributed by atoms with E-state index in [9.17, 15) is 4.79 Å². The maximum atomic E-state index is 11.8. The summed E-state index contributed by atoms with van der Waals surface area (Å²) in [5.74, 6) is 1.19. The van der Waals surface area contributed by atoms with Crippen LogP contribution >= 0.6 is 11.3 Å². The van der Waals surface area contributed by atoms with Crippen LogP contribution in [0.1, 0.15) is 20.8 Å². The van der Waals surface area contributed by atoms with Gasteiger partial charge in [0.2, 0.25) is 6.79 Å². The molecule has 0 saturated carbocycles. The molecule has 0 bridgehead atoms. The Morgan fingerprint density at radius 1 is 1.35 bits per heavy atom. The zero-order valence-corrected chi connectivity index (χ0v) is 11.6. The van der Waals surface area contributed by atoms with Crippen molar-refractivity contribution in [2.24, 2.45) is 5.10 Å². The van der Waals surface area contributed by atoms with Gasteiger partial charge >= 0.3 is 0 Å². The smallest absolute Gasteiger partial charge is 0.272 e. The van der Waals surface area contributed by atoms with E-state index < -0.39 is 0 Å². The van der Waals surface area contributed by atoms with Crippen LogP contribution in [0.5, 0.6) is 11.5 Å². The van der Waals surface area contributed by atoms with E-state index in [-0.39, 0.29) is 12.7 Å². The molecule has 3 rings (SSSR count). The first-order valence-corrected chi connectivity index (χ1v) is 6.88. The fourth-order valence-electron chi connectivity index (χ4n) is 1.79. The summed E-state index contributed by atoms with van der Waals surface area (Å²) in [5, 5.41) is 5.74. The maximum absolute atomic E-state index is 11.8. The van der Waals surface area contributed by atoms with Crippen LogP contribution in [-0.2, 0) is 0 Å². The second-order valence-electron chi connectivity index (χ2n) is 4.26. The van der Waals surface area contributed by atoms with Crippen LogP contribution in [0.15, 0.2) is 34.7 Å². The number of hydrazone groups is 1. The molecule has 2 heterocycles. The van der Waals surface area contributed by atoms with E-state index >= 15 is 0 Å². The number of nitrogens with zero attached hydrogens (tertiary/aromatic N) is 1. The highest BCUT2D eigenvalue weighted by Gasteiger charge is 2.12. The van der Waals surface area contributed by atoms with Gasteiger partial charge in [-0.3, -0.25) is 4.79 Å². The minimum atomic E-state index is -0.216. The van der Waals surface area contributed by atoms with Crippen molar-refractivity contribution >= 4 is 23.5 Å². The highest BCUT2D eigenvalue weighted by molar-refractivity contribution is 7.10. The number of rotatable bonds is 3. The molecule has 1 amide bonds. The van der Waals surface area contributed by atoms with Crippen LogP contribution in [0.2, 0.25) is 0 Å². The Kier molecular flexibility index (Phi) is 3.39. The zero-order chi connectivity index (χ0) is 13.9. The standard InChI is InChI=1S/C14H12N2O3S/c1-9-4-11(7-20-9)14(17)16-15-6-10-2-3-12-13(5-10)19-8-18-12/h2-7H,8H2,1H3,(H,16,17)/b15-6-. The van der Waals surface area contributed by atoms with Gasteiger partial charge in [0.15, 0.2) is 11.5 Å². The van der Waals surface area contributed by atoms with E-state index in [4.69, 9.17) is 9.47 Å². The first-order valence-electron chi connectivity index (χ1n) is 6.00. The molecule has 1 aromatic heterocycles. The van der Waals surface area contributed by atoms with Crippen molar-refractivity contribution in [1.82, 2.24) is 5.43 Å². The highest BCUT2D eigenvalue weighted by Crippen LogP contribution is 2.31. The summed E-state index contributed by atoms with van der Waals surface area (Å²) in [5.41, 5.74) is 3.94.